The van der Waals surface area contributed by atoms with Crippen LogP contribution in [0.1, 0.15) is 26.3 Å². The minimum Gasteiger partial charge on any atom is -0.123 e. The third-order valence-corrected chi connectivity index (χ3v) is 3.15. The molecule has 1 rings (SSSR count). The number of benzene rings is 1. The summed E-state index contributed by atoms with van der Waals surface area (Å²) in [6, 6.07) is 6.64. The van der Waals surface area contributed by atoms with Crippen molar-refractivity contribution in [3.05, 3.63) is 28.2 Å². The molecule has 0 unspecified atom stereocenters. The SMILES string of the molecule is CCc1cc(Br)cc(SC(C)C)c1. The molecule has 0 aliphatic carbocycles. The zero-order valence-corrected chi connectivity index (χ0v) is 10.7. The first-order chi connectivity index (χ1) is 6.11. The molecule has 1 aromatic carbocycles. The smallest absolute Gasteiger partial charge is 0.0189 e. The lowest BCUT2D eigenvalue weighted by molar-refractivity contribution is 1.09. The van der Waals surface area contributed by atoms with E-state index in [-0.39, 0.29) is 0 Å². The average Bonchev–Trinajstić information content (AvgIpc) is 2.01. The molecule has 0 aliphatic heterocycles. The fourth-order valence-electron chi connectivity index (χ4n) is 1.17. The van der Waals surface area contributed by atoms with Gasteiger partial charge in [0.2, 0.25) is 0 Å². The van der Waals surface area contributed by atoms with Crippen LogP contribution in [0.3, 0.4) is 0 Å². The van der Waals surface area contributed by atoms with Crippen molar-refractivity contribution in [2.24, 2.45) is 0 Å². The molecule has 0 saturated carbocycles. The second-order valence-corrected chi connectivity index (χ2v) is 5.88. The molecule has 0 radical (unpaired) electrons. The first-order valence-corrected chi connectivity index (χ1v) is 6.25. The van der Waals surface area contributed by atoms with E-state index in [4.69, 9.17) is 0 Å². The maximum atomic E-state index is 3.53. The lowest BCUT2D eigenvalue weighted by Crippen LogP contribution is -1.88. The van der Waals surface area contributed by atoms with Crippen LogP contribution >= 0.6 is 27.7 Å². The van der Waals surface area contributed by atoms with Gasteiger partial charge in [-0.25, -0.2) is 0 Å². The van der Waals surface area contributed by atoms with Crippen LogP contribution in [0, 0.1) is 0 Å². The number of halogens is 1. The largest absolute Gasteiger partial charge is 0.123 e. The van der Waals surface area contributed by atoms with Crippen LogP contribution in [-0.4, -0.2) is 5.25 Å². The molecule has 72 valence electrons. The van der Waals surface area contributed by atoms with Crippen molar-refractivity contribution in [1.82, 2.24) is 0 Å². The molecule has 0 saturated heterocycles. The number of thioether (sulfide) groups is 1. The van der Waals surface area contributed by atoms with E-state index >= 15 is 0 Å². The summed E-state index contributed by atoms with van der Waals surface area (Å²) in [4.78, 5) is 1.36. The van der Waals surface area contributed by atoms with Gasteiger partial charge >= 0.3 is 0 Å². The van der Waals surface area contributed by atoms with Crippen LogP contribution in [0.4, 0.5) is 0 Å². The number of hydrogen-bond donors (Lipinski definition) is 0. The number of aryl methyl sites for hydroxylation is 1. The quantitative estimate of drug-likeness (QED) is 0.719. The maximum Gasteiger partial charge on any atom is 0.0189 e. The Hall–Kier alpha value is 0.0500. The van der Waals surface area contributed by atoms with Crippen LogP contribution in [0.2, 0.25) is 0 Å². The first-order valence-electron chi connectivity index (χ1n) is 4.58. The Labute approximate surface area is 93.2 Å². The van der Waals surface area contributed by atoms with Gasteiger partial charge in [0.1, 0.15) is 0 Å². The highest BCUT2D eigenvalue weighted by atomic mass is 79.9. The van der Waals surface area contributed by atoms with Gasteiger partial charge in [0.15, 0.2) is 0 Å². The molecule has 0 amide bonds. The van der Waals surface area contributed by atoms with Gasteiger partial charge < -0.3 is 0 Å². The lowest BCUT2D eigenvalue weighted by Gasteiger charge is -2.07. The van der Waals surface area contributed by atoms with Crippen molar-refractivity contribution >= 4 is 27.7 Å². The topological polar surface area (TPSA) is 0 Å². The minimum absolute atomic E-state index is 0.652. The molecule has 13 heavy (non-hydrogen) atoms. The molecular formula is C11H15BrS. The molecule has 0 spiro atoms. The van der Waals surface area contributed by atoms with Crippen molar-refractivity contribution in [3.8, 4) is 0 Å². The second kappa shape index (κ2) is 5.06. The van der Waals surface area contributed by atoms with Crippen LogP contribution in [-0.2, 0) is 6.42 Å². The van der Waals surface area contributed by atoms with Gasteiger partial charge in [-0.1, -0.05) is 36.7 Å². The highest BCUT2D eigenvalue weighted by molar-refractivity contribution is 9.10. The standard InChI is InChI=1S/C11H15BrS/c1-4-9-5-10(12)7-11(6-9)13-8(2)3/h5-8H,4H2,1-3H3. The Balaban J connectivity index is 2.88. The lowest BCUT2D eigenvalue weighted by atomic mass is 10.2. The summed E-state index contributed by atoms with van der Waals surface area (Å²) in [7, 11) is 0. The molecule has 0 N–H and O–H groups in total. The molecule has 0 heterocycles. The van der Waals surface area contributed by atoms with Crippen molar-refractivity contribution in [1.29, 1.82) is 0 Å². The molecule has 2 heteroatoms. The van der Waals surface area contributed by atoms with E-state index in [1.807, 2.05) is 11.8 Å². The molecular weight excluding hydrogens is 244 g/mol. The van der Waals surface area contributed by atoms with Crippen molar-refractivity contribution in [2.45, 2.75) is 37.3 Å². The van der Waals surface area contributed by atoms with Crippen LogP contribution in [0.25, 0.3) is 0 Å². The predicted octanol–water partition coefficient (Wildman–Crippen LogP) is 4.51. The van der Waals surface area contributed by atoms with Gasteiger partial charge in [-0.2, -0.15) is 0 Å². The Kier molecular flexibility index (Phi) is 4.33. The Bertz CT molecular complexity index is 281. The zero-order valence-electron chi connectivity index (χ0n) is 8.30. The summed E-state index contributed by atoms with van der Waals surface area (Å²) in [6.07, 6.45) is 1.10. The van der Waals surface area contributed by atoms with Crippen LogP contribution in [0.5, 0.6) is 0 Å². The van der Waals surface area contributed by atoms with Crippen molar-refractivity contribution in [2.75, 3.05) is 0 Å². The summed E-state index contributed by atoms with van der Waals surface area (Å²) in [6.45, 7) is 6.62. The Morgan fingerprint density at radius 3 is 2.54 bits per heavy atom. The molecule has 0 bridgehead atoms. The zero-order chi connectivity index (χ0) is 9.84. The summed E-state index contributed by atoms with van der Waals surface area (Å²) in [5.74, 6) is 0. The van der Waals surface area contributed by atoms with Gasteiger partial charge in [0.05, 0.1) is 0 Å². The molecule has 1 aromatic rings. The first kappa shape index (κ1) is 11.1. The van der Waals surface area contributed by atoms with Crippen molar-refractivity contribution in [3.63, 3.8) is 0 Å². The van der Waals surface area contributed by atoms with E-state index in [2.05, 4.69) is 54.9 Å². The fourth-order valence-corrected chi connectivity index (χ4v) is 2.82. The van der Waals surface area contributed by atoms with Crippen molar-refractivity contribution < 1.29 is 0 Å². The summed E-state index contributed by atoms with van der Waals surface area (Å²) in [5.41, 5.74) is 1.40. The average molecular weight is 259 g/mol. The van der Waals surface area contributed by atoms with Gasteiger partial charge in [0, 0.05) is 14.6 Å². The normalized spacial score (nSPS) is 10.8. The van der Waals surface area contributed by atoms with E-state index < -0.39 is 0 Å². The predicted molar refractivity (Wildman–Crippen MR) is 64.5 cm³/mol. The highest BCUT2D eigenvalue weighted by Gasteiger charge is 2.01. The van der Waals surface area contributed by atoms with Gasteiger partial charge in [-0.3, -0.25) is 0 Å². The molecule has 0 aromatic heterocycles. The van der Waals surface area contributed by atoms with E-state index in [9.17, 15) is 0 Å². The molecule has 0 aliphatic rings. The molecule has 0 atom stereocenters. The van der Waals surface area contributed by atoms with E-state index in [1.165, 1.54) is 14.9 Å². The number of rotatable bonds is 3. The second-order valence-electron chi connectivity index (χ2n) is 3.32. The van der Waals surface area contributed by atoms with E-state index in [0.29, 0.717) is 5.25 Å². The fraction of sp³-hybridized carbons (Fsp3) is 0.455. The third kappa shape index (κ3) is 3.74. The van der Waals surface area contributed by atoms with Gasteiger partial charge in [-0.15, -0.1) is 11.8 Å². The monoisotopic (exact) mass is 258 g/mol. The maximum absolute atomic E-state index is 3.53. The van der Waals surface area contributed by atoms with E-state index in [1.54, 1.807) is 0 Å². The third-order valence-electron chi connectivity index (χ3n) is 1.71. The van der Waals surface area contributed by atoms with Crippen LogP contribution < -0.4 is 0 Å². The minimum atomic E-state index is 0.652. The van der Waals surface area contributed by atoms with Gasteiger partial charge in [0.25, 0.3) is 0 Å². The summed E-state index contributed by atoms with van der Waals surface area (Å²) >= 11 is 5.44. The summed E-state index contributed by atoms with van der Waals surface area (Å²) < 4.78 is 1.19. The Morgan fingerprint density at radius 1 is 1.31 bits per heavy atom. The van der Waals surface area contributed by atoms with Crippen LogP contribution in [0.15, 0.2) is 27.6 Å². The Morgan fingerprint density at radius 2 is 2.00 bits per heavy atom. The highest BCUT2D eigenvalue weighted by Crippen LogP contribution is 2.27. The van der Waals surface area contributed by atoms with Gasteiger partial charge in [-0.05, 0) is 30.2 Å². The summed E-state index contributed by atoms with van der Waals surface area (Å²) in [5, 5.41) is 0.652. The molecule has 0 nitrogen and oxygen atoms in total. The van der Waals surface area contributed by atoms with E-state index in [0.717, 1.165) is 6.42 Å². The number of hydrogen-bond acceptors (Lipinski definition) is 1. The molecule has 0 fully saturated rings.